The Morgan fingerprint density at radius 2 is 2.54 bits per heavy atom. The van der Waals surface area contributed by atoms with Gasteiger partial charge in [-0.2, -0.15) is 0 Å². The van der Waals surface area contributed by atoms with Crippen LogP contribution in [0.2, 0.25) is 0 Å². The van der Waals surface area contributed by atoms with Crippen LogP contribution in [0.4, 0.5) is 0 Å². The lowest BCUT2D eigenvalue weighted by atomic mass is 10.2. The summed E-state index contributed by atoms with van der Waals surface area (Å²) in [4.78, 5) is 11.1. The van der Waals surface area contributed by atoms with Crippen LogP contribution in [0.15, 0.2) is 11.0 Å². The zero-order valence-electron chi connectivity index (χ0n) is 6.87. The topological polar surface area (TPSA) is 58.6 Å². The molecule has 0 fully saturated rings. The van der Waals surface area contributed by atoms with Gasteiger partial charge in [-0.05, 0) is 18.6 Å². The maximum atomic E-state index is 10.3. The van der Waals surface area contributed by atoms with E-state index in [1.54, 1.807) is 0 Å². The van der Waals surface area contributed by atoms with E-state index in [1.807, 2.05) is 13.0 Å². The maximum absolute atomic E-state index is 10.3. The molecule has 4 nitrogen and oxygen atoms in total. The Bertz CT molecular complexity index is 452. The van der Waals surface area contributed by atoms with Gasteiger partial charge in [0.1, 0.15) is 5.52 Å². The third-order valence-corrected chi connectivity index (χ3v) is 2.45. The zero-order valence-corrected chi connectivity index (χ0v) is 7.68. The van der Waals surface area contributed by atoms with Crippen molar-refractivity contribution >= 4 is 28.4 Å². The number of rotatable bonds is 2. The molecule has 0 atom stereocenters. The number of nitrogens with zero attached hydrogens (tertiary/aromatic N) is 2. The zero-order chi connectivity index (χ0) is 9.26. The number of hydrogen-bond donors (Lipinski definition) is 1. The smallest absolute Gasteiger partial charge is 0.180 e. The van der Waals surface area contributed by atoms with Crippen LogP contribution in [-0.4, -0.2) is 21.0 Å². The van der Waals surface area contributed by atoms with Gasteiger partial charge in [0.2, 0.25) is 0 Å². The highest BCUT2D eigenvalue weighted by Crippen LogP contribution is 2.23. The molecule has 0 saturated carbocycles. The molecule has 1 aromatic heterocycles. The molecule has 1 aromatic carbocycles. The minimum Gasteiger partial charge on any atom is -0.291 e. The van der Waals surface area contributed by atoms with Crippen molar-refractivity contribution in [2.75, 3.05) is 0 Å². The number of aromatic nitrogens is 3. The number of hydrogen-bond acceptors (Lipinski definition) is 4. The van der Waals surface area contributed by atoms with E-state index in [4.69, 9.17) is 0 Å². The van der Waals surface area contributed by atoms with Crippen molar-refractivity contribution in [2.24, 2.45) is 0 Å². The van der Waals surface area contributed by atoms with Crippen molar-refractivity contribution < 1.29 is 4.79 Å². The van der Waals surface area contributed by atoms with Gasteiger partial charge >= 0.3 is 0 Å². The third-order valence-electron chi connectivity index (χ3n) is 1.69. The number of benzene rings is 1. The summed E-state index contributed by atoms with van der Waals surface area (Å²) in [6.45, 7) is 1.92. The van der Waals surface area contributed by atoms with Crippen molar-refractivity contribution in [1.29, 1.82) is 0 Å². The second-order valence-corrected chi connectivity index (χ2v) is 3.41. The van der Waals surface area contributed by atoms with Gasteiger partial charge in [-0.3, -0.25) is 9.89 Å². The average molecular weight is 192 g/mol. The molecule has 0 saturated heterocycles. The number of nitrogens with one attached hydrogen (secondary N) is 1. The first-order valence-electron chi connectivity index (χ1n) is 3.65. The van der Waals surface area contributed by atoms with Crippen molar-refractivity contribution in [1.82, 2.24) is 15.4 Å². The number of fused-ring (bicyclic) bond motifs is 1. The Hall–Kier alpha value is -1.36. The summed E-state index contributed by atoms with van der Waals surface area (Å²) in [5, 5.41) is 10.2. The highest BCUT2D eigenvalue weighted by molar-refractivity contribution is 8.11. The molecule has 65 valence electrons. The number of aryl methyl sites for hydroxylation is 1. The van der Waals surface area contributed by atoms with E-state index in [1.165, 1.54) is 0 Å². The van der Waals surface area contributed by atoms with Crippen LogP contribution in [0.5, 0.6) is 0 Å². The van der Waals surface area contributed by atoms with Gasteiger partial charge < -0.3 is 0 Å². The first kappa shape index (κ1) is 8.25. The summed E-state index contributed by atoms with van der Waals surface area (Å²) < 4.78 is 0. The fourth-order valence-corrected chi connectivity index (χ4v) is 1.58. The standard InChI is InChI=1S/C8H6N3OS/c1-5-2-6-7(10-11-9-6)3-8(5)13-4-12/h2,4H,1H3,(H,9,10,11). The van der Waals surface area contributed by atoms with Crippen LogP contribution in [-0.2, 0) is 4.79 Å². The molecule has 13 heavy (non-hydrogen) atoms. The van der Waals surface area contributed by atoms with E-state index in [0.29, 0.717) is 5.52 Å². The molecule has 0 aliphatic rings. The third kappa shape index (κ3) is 1.42. The molecule has 0 spiro atoms. The van der Waals surface area contributed by atoms with Gasteiger partial charge in [0.25, 0.3) is 0 Å². The summed E-state index contributed by atoms with van der Waals surface area (Å²) in [5.41, 5.74) is 3.28. The first-order valence-corrected chi connectivity index (χ1v) is 4.53. The van der Waals surface area contributed by atoms with Crippen LogP contribution in [0.25, 0.3) is 11.0 Å². The van der Waals surface area contributed by atoms with Gasteiger partial charge in [0.05, 0.1) is 5.52 Å². The summed E-state index contributed by atoms with van der Waals surface area (Å²) >= 11 is 1.10. The number of carbonyl (C=O) groups is 1. The SMILES string of the molecule is Cc1cc2[nH]nnc2[c]c1SC=O. The molecule has 2 rings (SSSR count). The highest BCUT2D eigenvalue weighted by Gasteiger charge is 2.04. The second kappa shape index (κ2) is 3.18. The summed E-state index contributed by atoms with van der Waals surface area (Å²) in [6, 6.07) is 4.90. The lowest BCUT2D eigenvalue weighted by Crippen LogP contribution is -1.81. The van der Waals surface area contributed by atoms with E-state index < -0.39 is 0 Å². The average Bonchev–Trinajstić information content (AvgIpc) is 2.52. The largest absolute Gasteiger partial charge is 0.291 e. The van der Waals surface area contributed by atoms with Gasteiger partial charge in [0.15, 0.2) is 5.62 Å². The lowest BCUT2D eigenvalue weighted by molar-refractivity contribution is 0.570. The van der Waals surface area contributed by atoms with E-state index in [2.05, 4.69) is 21.5 Å². The molecule has 2 aromatic rings. The molecule has 0 amide bonds. The van der Waals surface area contributed by atoms with Gasteiger partial charge in [0, 0.05) is 11.0 Å². The normalized spacial score (nSPS) is 10.5. The number of thioether (sulfide) groups is 1. The number of carbonyl (C=O) groups excluding carboxylic acids is 1. The second-order valence-electron chi connectivity index (χ2n) is 2.57. The summed E-state index contributed by atoms with van der Waals surface area (Å²) in [5.74, 6) is 0. The Morgan fingerprint density at radius 3 is 3.31 bits per heavy atom. The molecule has 5 heteroatoms. The van der Waals surface area contributed by atoms with Crippen LogP contribution in [0, 0.1) is 13.0 Å². The monoisotopic (exact) mass is 192 g/mol. The fourth-order valence-electron chi connectivity index (χ4n) is 1.09. The van der Waals surface area contributed by atoms with Crippen LogP contribution >= 0.6 is 11.8 Å². The van der Waals surface area contributed by atoms with Crippen LogP contribution in [0.3, 0.4) is 0 Å². The lowest BCUT2D eigenvalue weighted by Gasteiger charge is -1.98. The van der Waals surface area contributed by atoms with Crippen LogP contribution in [0.1, 0.15) is 5.56 Å². The molecule has 0 aliphatic heterocycles. The minimum atomic E-state index is 0.662. The maximum Gasteiger partial charge on any atom is 0.180 e. The fraction of sp³-hybridized carbons (Fsp3) is 0.125. The molecule has 0 unspecified atom stereocenters. The first-order chi connectivity index (χ1) is 6.31. The van der Waals surface area contributed by atoms with Crippen molar-refractivity contribution in [3.05, 3.63) is 17.7 Å². The van der Waals surface area contributed by atoms with E-state index in [-0.39, 0.29) is 0 Å². The quantitative estimate of drug-likeness (QED) is 0.576. The molecule has 1 heterocycles. The molecular formula is C8H6N3OS. The van der Waals surface area contributed by atoms with E-state index in [0.717, 1.165) is 33.4 Å². The van der Waals surface area contributed by atoms with Crippen molar-refractivity contribution in [3.63, 3.8) is 0 Å². The molecule has 0 aliphatic carbocycles. The van der Waals surface area contributed by atoms with E-state index >= 15 is 0 Å². The summed E-state index contributed by atoms with van der Waals surface area (Å²) in [6.07, 6.45) is 0. The molecule has 1 radical (unpaired) electrons. The van der Waals surface area contributed by atoms with E-state index in [9.17, 15) is 4.79 Å². The van der Waals surface area contributed by atoms with Crippen molar-refractivity contribution in [3.8, 4) is 0 Å². The predicted molar refractivity (Wildman–Crippen MR) is 50.1 cm³/mol. The summed E-state index contributed by atoms with van der Waals surface area (Å²) in [7, 11) is 0. The Labute approximate surface area is 78.7 Å². The van der Waals surface area contributed by atoms with Crippen molar-refractivity contribution in [2.45, 2.75) is 11.8 Å². The highest BCUT2D eigenvalue weighted by atomic mass is 32.2. The predicted octanol–water partition coefficient (Wildman–Crippen LogP) is 1.35. The Morgan fingerprint density at radius 1 is 1.69 bits per heavy atom. The van der Waals surface area contributed by atoms with Crippen LogP contribution < -0.4 is 0 Å². The van der Waals surface area contributed by atoms with Gasteiger partial charge in [-0.25, -0.2) is 0 Å². The molecule has 0 bridgehead atoms. The number of aromatic amines is 1. The number of H-pyrrole nitrogens is 1. The van der Waals surface area contributed by atoms with Gasteiger partial charge in [-0.15, -0.1) is 5.10 Å². The Balaban J connectivity index is 2.62. The molecule has 1 N–H and O–H groups in total. The molecular weight excluding hydrogens is 186 g/mol. The van der Waals surface area contributed by atoms with Gasteiger partial charge in [-0.1, -0.05) is 17.0 Å². The minimum absolute atomic E-state index is 0.662. The Kier molecular flexibility index (Phi) is 2.02.